The van der Waals surface area contributed by atoms with E-state index < -0.39 is 23.9 Å². The molecule has 48 heavy (non-hydrogen) atoms. The first-order valence-corrected chi connectivity index (χ1v) is 17.2. The zero-order chi connectivity index (χ0) is 34.2. The molecule has 2 heterocycles. The van der Waals surface area contributed by atoms with Crippen molar-refractivity contribution in [2.45, 2.75) is 90.9 Å². The van der Waals surface area contributed by atoms with Crippen molar-refractivity contribution in [3.8, 4) is 0 Å². The first-order valence-electron chi connectivity index (χ1n) is 17.2. The molecule has 4 nitrogen and oxygen atoms in total. The van der Waals surface area contributed by atoms with Crippen molar-refractivity contribution in [1.29, 1.82) is 0 Å². The van der Waals surface area contributed by atoms with Crippen LogP contribution in [0.5, 0.6) is 0 Å². The van der Waals surface area contributed by atoms with Gasteiger partial charge in [0.05, 0.1) is 16.9 Å². The number of halogens is 1. The van der Waals surface area contributed by atoms with Crippen LogP contribution in [0, 0.1) is 11.2 Å². The minimum absolute atomic E-state index is 0.0841. The molecule has 248 valence electrons. The molecule has 1 saturated heterocycles. The number of aromatic nitrogens is 2. The third-order valence-corrected chi connectivity index (χ3v) is 10.6. The molecule has 0 radical (unpaired) electrons. The standard InChI is InChI=1S/C42H48BFN2O2/c1-8-39(2,3)29-36-30-46(42(32-18-12-9-13-19-32,33-20-14-10-15-21-33)34-22-16-11-17-23-34)38(45-36)27-25-31-24-26-35(28-37(31)44)43-47-40(4,5)41(6,7)48-43/h9-24,26,28,30H,8,25,27,29H2,1-7H3. The van der Waals surface area contributed by atoms with E-state index in [0.29, 0.717) is 23.9 Å². The largest absolute Gasteiger partial charge is 0.494 e. The Morgan fingerprint density at radius 1 is 0.729 bits per heavy atom. The van der Waals surface area contributed by atoms with Crippen LogP contribution < -0.4 is 5.46 Å². The molecule has 1 aliphatic heterocycles. The van der Waals surface area contributed by atoms with Gasteiger partial charge >= 0.3 is 7.12 Å². The molecule has 0 spiro atoms. The highest BCUT2D eigenvalue weighted by Crippen LogP contribution is 2.42. The van der Waals surface area contributed by atoms with Gasteiger partial charge in [0.15, 0.2) is 0 Å². The molecule has 6 rings (SSSR count). The predicted molar refractivity (Wildman–Crippen MR) is 194 cm³/mol. The number of hydrogen-bond acceptors (Lipinski definition) is 3. The first kappa shape index (κ1) is 33.9. The fourth-order valence-corrected chi connectivity index (χ4v) is 6.73. The van der Waals surface area contributed by atoms with E-state index in [1.165, 1.54) is 0 Å². The van der Waals surface area contributed by atoms with Crippen LogP contribution in [0.1, 0.15) is 88.7 Å². The first-order chi connectivity index (χ1) is 22.9. The molecule has 6 heteroatoms. The van der Waals surface area contributed by atoms with E-state index in [1.807, 2.05) is 39.8 Å². The van der Waals surface area contributed by atoms with Gasteiger partial charge in [-0.15, -0.1) is 0 Å². The van der Waals surface area contributed by atoms with Crippen LogP contribution in [-0.4, -0.2) is 27.9 Å². The Hall–Kier alpha value is -4.00. The van der Waals surface area contributed by atoms with Crippen molar-refractivity contribution in [3.63, 3.8) is 0 Å². The molecule has 0 unspecified atom stereocenters. The Morgan fingerprint density at radius 3 is 1.69 bits per heavy atom. The van der Waals surface area contributed by atoms with Crippen LogP contribution >= 0.6 is 0 Å². The molecule has 5 aromatic rings. The number of nitrogens with zero attached hydrogens (tertiary/aromatic N) is 2. The van der Waals surface area contributed by atoms with Gasteiger partial charge in [-0.25, -0.2) is 9.37 Å². The van der Waals surface area contributed by atoms with E-state index in [9.17, 15) is 0 Å². The topological polar surface area (TPSA) is 36.3 Å². The average molecular weight is 643 g/mol. The van der Waals surface area contributed by atoms with Gasteiger partial charge < -0.3 is 13.9 Å². The normalized spacial score (nSPS) is 16.0. The molecular formula is C42H48BFN2O2. The summed E-state index contributed by atoms with van der Waals surface area (Å²) in [5, 5.41) is 0. The van der Waals surface area contributed by atoms with Crippen molar-refractivity contribution < 1.29 is 13.7 Å². The van der Waals surface area contributed by atoms with Gasteiger partial charge in [-0.2, -0.15) is 0 Å². The summed E-state index contributed by atoms with van der Waals surface area (Å²) in [4.78, 5) is 5.34. The zero-order valence-corrected chi connectivity index (χ0v) is 29.5. The number of rotatable bonds is 11. The van der Waals surface area contributed by atoms with E-state index in [1.54, 1.807) is 6.07 Å². The van der Waals surface area contributed by atoms with Crippen LogP contribution in [-0.2, 0) is 34.1 Å². The molecule has 0 bridgehead atoms. The van der Waals surface area contributed by atoms with Crippen molar-refractivity contribution in [2.75, 3.05) is 0 Å². The molecule has 0 amide bonds. The minimum Gasteiger partial charge on any atom is -0.399 e. The molecule has 1 fully saturated rings. The SMILES string of the molecule is CCC(C)(C)Cc1cn(C(c2ccccc2)(c2ccccc2)c2ccccc2)c(CCc2ccc(B3OC(C)(C)C(C)(C)O3)cc2F)n1. The second-order valence-corrected chi connectivity index (χ2v) is 15.0. The lowest BCUT2D eigenvalue weighted by atomic mass is 9.76. The van der Waals surface area contributed by atoms with Crippen LogP contribution in [0.15, 0.2) is 115 Å². The molecule has 1 aliphatic rings. The molecule has 0 aliphatic carbocycles. The van der Waals surface area contributed by atoms with Crippen molar-refractivity contribution in [1.82, 2.24) is 9.55 Å². The monoisotopic (exact) mass is 642 g/mol. The molecule has 4 aromatic carbocycles. The van der Waals surface area contributed by atoms with E-state index in [4.69, 9.17) is 14.3 Å². The van der Waals surface area contributed by atoms with Crippen LogP contribution in [0.3, 0.4) is 0 Å². The third kappa shape index (κ3) is 6.41. The fourth-order valence-electron chi connectivity index (χ4n) is 6.73. The fraction of sp³-hybridized carbons (Fsp3) is 0.357. The van der Waals surface area contributed by atoms with Crippen molar-refractivity contribution >= 4 is 12.6 Å². The summed E-state index contributed by atoms with van der Waals surface area (Å²) in [7, 11) is -0.606. The summed E-state index contributed by atoms with van der Waals surface area (Å²) in [5.74, 6) is 0.663. The van der Waals surface area contributed by atoms with Crippen LogP contribution in [0.2, 0.25) is 0 Å². The van der Waals surface area contributed by atoms with Gasteiger partial charge in [0.2, 0.25) is 0 Å². The third-order valence-electron chi connectivity index (χ3n) is 10.6. The van der Waals surface area contributed by atoms with Gasteiger partial charge in [0, 0.05) is 12.6 Å². The molecule has 0 N–H and O–H groups in total. The maximum absolute atomic E-state index is 15.9. The summed E-state index contributed by atoms with van der Waals surface area (Å²) in [6.45, 7) is 14.9. The smallest absolute Gasteiger partial charge is 0.399 e. The molecule has 0 atom stereocenters. The number of hydrogen-bond donors (Lipinski definition) is 0. The van der Waals surface area contributed by atoms with E-state index >= 15 is 4.39 Å². The Bertz CT molecular complexity index is 1720. The molecule has 0 saturated carbocycles. The summed E-state index contributed by atoms with van der Waals surface area (Å²) in [6, 6.07) is 37.4. The number of imidazole rings is 1. The van der Waals surface area contributed by atoms with Gasteiger partial charge in [-0.05, 0) is 79.7 Å². The maximum Gasteiger partial charge on any atom is 0.494 e. The Balaban J connectivity index is 1.45. The van der Waals surface area contributed by atoms with Crippen molar-refractivity contribution in [2.24, 2.45) is 5.41 Å². The molecule has 1 aromatic heterocycles. The Kier molecular flexibility index (Phi) is 9.27. The lowest BCUT2D eigenvalue weighted by Crippen LogP contribution is -2.41. The second-order valence-electron chi connectivity index (χ2n) is 15.0. The zero-order valence-electron chi connectivity index (χ0n) is 29.5. The highest BCUT2D eigenvalue weighted by Gasteiger charge is 2.51. The van der Waals surface area contributed by atoms with Crippen LogP contribution in [0.25, 0.3) is 0 Å². The second kappa shape index (κ2) is 13.1. The highest BCUT2D eigenvalue weighted by molar-refractivity contribution is 6.62. The van der Waals surface area contributed by atoms with Gasteiger partial charge in [-0.3, -0.25) is 0 Å². The summed E-state index contributed by atoms with van der Waals surface area (Å²) < 4.78 is 30.6. The Labute approximate surface area is 286 Å². The summed E-state index contributed by atoms with van der Waals surface area (Å²) in [5.41, 5.74) is 4.21. The summed E-state index contributed by atoms with van der Waals surface area (Å²) >= 11 is 0. The maximum atomic E-state index is 15.9. The lowest BCUT2D eigenvalue weighted by Gasteiger charge is -2.38. The van der Waals surface area contributed by atoms with Crippen molar-refractivity contribution in [3.05, 3.63) is 155 Å². The highest BCUT2D eigenvalue weighted by atomic mass is 19.1. The van der Waals surface area contributed by atoms with Gasteiger partial charge in [-0.1, -0.05) is 130 Å². The summed E-state index contributed by atoms with van der Waals surface area (Å²) in [6.07, 6.45) is 5.19. The Morgan fingerprint density at radius 2 is 1.23 bits per heavy atom. The van der Waals surface area contributed by atoms with Crippen LogP contribution in [0.4, 0.5) is 4.39 Å². The van der Waals surface area contributed by atoms with E-state index in [-0.39, 0.29) is 11.2 Å². The number of benzene rings is 4. The quantitative estimate of drug-likeness (QED) is 0.107. The lowest BCUT2D eigenvalue weighted by molar-refractivity contribution is 0.00578. The predicted octanol–water partition coefficient (Wildman–Crippen LogP) is 8.93. The van der Waals surface area contributed by atoms with E-state index in [0.717, 1.165) is 41.1 Å². The van der Waals surface area contributed by atoms with Gasteiger partial charge in [0.1, 0.15) is 17.2 Å². The van der Waals surface area contributed by atoms with Gasteiger partial charge in [0.25, 0.3) is 0 Å². The minimum atomic E-state index is -0.695. The number of aryl methyl sites for hydroxylation is 2. The van der Waals surface area contributed by atoms with E-state index in [2.05, 4.69) is 123 Å². The average Bonchev–Trinajstić information content (AvgIpc) is 3.57. The molecular weight excluding hydrogens is 594 g/mol.